The first-order valence-electron chi connectivity index (χ1n) is 5.02. The normalized spacial score (nSPS) is 18.2. The number of halogens is 2. The molecule has 0 aromatic carbocycles. The third-order valence-corrected chi connectivity index (χ3v) is 3.66. The number of thiophene rings is 1. The molecule has 15 heavy (non-hydrogen) atoms. The average Bonchev–Trinajstić information content (AvgIpc) is 2.43. The predicted molar refractivity (Wildman–Crippen MR) is 69.3 cm³/mol. The molecule has 1 aliphatic rings. The van der Waals surface area contributed by atoms with E-state index in [2.05, 4.69) is 16.3 Å². The summed E-state index contributed by atoms with van der Waals surface area (Å²) in [4.78, 5) is 3.86. The SMILES string of the molecule is Cl.Clc1ccc(CN2CCCNCC2)s1. The van der Waals surface area contributed by atoms with E-state index in [0.29, 0.717) is 0 Å². The molecule has 1 saturated heterocycles. The third kappa shape index (κ3) is 4.29. The van der Waals surface area contributed by atoms with Crippen molar-refractivity contribution in [2.75, 3.05) is 26.2 Å². The minimum Gasteiger partial charge on any atom is -0.315 e. The van der Waals surface area contributed by atoms with Gasteiger partial charge in [0.2, 0.25) is 0 Å². The zero-order valence-corrected chi connectivity index (χ0v) is 10.9. The van der Waals surface area contributed by atoms with Crippen LogP contribution >= 0.6 is 35.3 Å². The Morgan fingerprint density at radius 2 is 2.20 bits per heavy atom. The van der Waals surface area contributed by atoms with Crippen LogP contribution < -0.4 is 5.32 Å². The fourth-order valence-electron chi connectivity index (χ4n) is 1.72. The summed E-state index contributed by atoms with van der Waals surface area (Å²) in [5.74, 6) is 0. The monoisotopic (exact) mass is 266 g/mol. The zero-order chi connectivity index (χ0) is 9.80. The molecular formula is C10H16Cl2N2S. The van der Waals surface area contributed by atoms with E-state index in [1.54, 1.807) is 11.3 Å². The number of hydrogen-bond donors (Lipinski definition) is 1. The highest BCUT2D eigenvalue weighted by atomic mass is 35.5. The Balaban J connectivity index is 0.00000112. The Kier molecular flexibility index (Phi) is 5.94. The summed E-state index contributed by atoms with van der Waals surface area (Å²) < 4.78 is 0.896. The molecule has 0 amide bonds. The van der Waals surface area contributed by atoms with Gasteiger partial charge in [0, 0.05) is 24.5 Å². The van der Waals surface area contributed by atoms with E-state index in [0.717, 1.165) is 30.5 Å². The summed E-state index contributed by atoms with van der Waals surface area (Å²) >= 11 is 7.59. The van der Waals surface area contributed by atoms with Crippen molar-refractivity contribution in [2.45, 2.75) is 13.0 Å². The van der Waals surface area contributed by atoms with Crippen LogP contribution in [0.5, 0.6) is 0 Å². The molecule has 1 aliphatic heterocycles. The molecule has 0 atom stereocenters. The number of hydrogen-bond acceptors (Lipinski definition) is 3. The van der Waals surface area contributed by atoms with E-state index >= 15 is 0 Å². The Bertz CT molecular complexity index is 283. The lowest BCUT2D eigenvalue weighted by Gasteiger charge is -2.17. The Labute approximate surface area is 106 Å². The second-order valence-electron chi connectivity index (χ2n) is 3.59. The minimum atomic E-state index is 0. The van der Waals surface area contributed by atoms with Gasteiger partial charge >= 0.3 is 0 Å². The van der Waals surface area contributed by atoms with Gasteiger partial charge in [0.15, 0.2) is 0 Å². The molecule has 1 aromatic rings. The molecule has 2 nitrogen and oxygen atoms in total. The molecule has 0 unspecified atom stereocenters. The lowest BCUT2D eigenvalue weighted by Crippen LogP contribution is -2.27. The van der Waals surface area contributed by atoms with Gasteiger partial charge in [-0.3, -0.25) is 4.90 Å². The van der Waals surface area contributed by atoms with Gasteiger partial charge in [-0.25, -0.2) is 0 Å². The van der Waals surface area contributed by atoms with Crippen LogP contribution in [-0.2, 0) is 6.54 Å². The molecule has 0 spiro atoms. The van der Waals surface area contributed by atoms with Crippen LogP contribution in [-0.4, -0.2) is 31.1 Å². The first-order valence-corrected chi connectivity index (χ1v) is 6.21. The van der Waals surface area contributed by atoms with Gasteiger partial charge < -0.3 is 5.32 Å². The molecule has 2 heterocycles. The molecule has 0 bridgehead atoms. The summed E-state index contributed by atoms with van der Waals surface area (Å²) in [6.07, 6.45) is 1.25. The summed E-state index contributed by atoms with van der Waals surface area (Å²) in [5, 5.41) is 3.40. The lowest BCUT2D eigenvalue weighted by molar-refractivity contribution is 0.287. The standard InChI is InChI=1S/C10H15ClN2S.ClH/c11-10-3-2-9(14-10)8-13-6-1-4-12-5-7-13;/h2-3,12H,1,4-8H2;1H. The number of nitrogens with zero attached hydrogens (tertiary/aromatic N) is 1. The molecule has 0 saturated carbocycles. The number of nitrogens with one attached hydrogen (secondary N) is 1. The van der Waals surface area contributed by atoms with Crippen LogP contribution in [0.25, 0.3) is 0 Å². The van der Waals surface area contributed by atoms with Crippen molar-refractivity contribution >= 4 is 35.3 Å². The topological polar surface area (TPSA) is 15.3 Å². The van der Waals surface area contributed by atoms with Crippen molar-refractivity contribution < 1.29 is 0 Å². The molecular weight excluding hydrogens is 251 g/mol. The summed E-state index contributed by atoms with van der Waals surface area (Å²) in [5.41, 5.74) is 0. The molecule has 1 aromatic heterocycles. The number of rotatable bonds is 2. The Morgan fingerprint density at radius 1 is 1.33 bits per heavy atom. The highest BCUT2D eigenvalue weighted by Crippen LogP contribution is 2.22. The van der Waals surface area contributed by atoms with E-state index in [1.165, 1.54) is 17.8 Å². The highest BCUT2D eigenvalue weighted by molar-refractivity contribution is 7.16. The summed E-state index contributed by atoms with van der Waals surface area (Å²) in [7, 11) is 0. The minimum absolute atomic E-state index is 0. The van der Waals surface area contributed by atoms with Gasteiger partial charge in [-0.15, -0.1) is 23.7 Å². The largest absolute Gasteiger partial charge is 0.315 e. The van der Waals surface area contributed by atoms with Crippen LogP contribution in [0.4, 0.5) is 0 Å². The first-order chi connectivity index (χ1) is 6.84. The fourth-order valence-corrected chi connectivity index (χ4v) is 2.85. The van der Waals surface area contributed by atoms with E-state index < -0.39 is 0 Å². The van der Waals surface area contributed by atoms with Crippen molar-refractivity contribution in [1.82, 2.24) is 10.2 Å². The van der Waals surface area contributed by atoms with Crippen molar-refractivity contribution in [2.24, 2.45) is 0 Å². The van der Waals surface area contributed by atoms with E-state index in [-0.39, 0.29) is 12.4 Å². The molecule has 5 heteroatoms. The molecule has 1 fully saturated rings. The second-order valence-corrected chi connectivity index (χ2v) is 5.39. The van der Waals surface area contributed by atoms with Crippen molar-refractivity contribution in [3.05, 3.63) is 21.3 Å². The van der Waals surface area contributed by atoms with Crippen LogP contribution in [0.2, 0.25) is 4.34 Å². The van der Waals surface area contributed by atoms with Gasteiger partial charge in [-0.2, -0.15) is 0 Å². The van der Waals surface area contributed by atoms with Gasteiger partial charge in [0.25, 0.3) is 0 Å². The van der Waals surface area contributed by atoms with Crippen LogP contribution in [0.15, 0.2) is 12.1 Å². The Morgan fingerprint density at radius 3 is 2.93 bits per heavy atom. The van der Waals surface area contributed by atoms with Crippen LogP contribution in [0, 0.1) is 0 Å². The quantitative estimate of drug-likeness (QED) is 0.886. The smallest absolute Gasteiger partial charge is 0.0931 e. The van der Waals surface area contributed by atoms with E-state index in [1.807, 2.05) is 6.07 Å². The first kappa shape index (κ1) is 13.3. The Hall–Kier alpha value is 0.200. The van der Waals surface area contributed by atoms with E-state index in [9.17, 15) is 0 Å². The van der Waals surface area contributed by atoms with Gasteiger partial charge in [-0.1, -0.05) is 11.6 Å². The molecule has 1 N–H and O–H groups in total. The second kappa shape index (κ2) is 6.71. The summed E-state index contributed by atoms with van der Waals surface area (Å²) in [6.45, 7) is 5.66. The molecule has 2 rings (SSSR count). The van der Waals surface area contributed by atoms with Crippen molar-refractivity contribution in [3.8, 4) is 0 Å². The van der Waals surface area contributed by atoms with Crippen molar-refractivity contribution in [1.29, 1.82) is 0 Å². The predicted octanol–water partition coefficient (Wildman–Crippen LogP) is 2.62. The molecule has 86 valence electrons. The van der Waals surface area contributed by atoms with Crippen LogP contribution in [0.3, 0.4) is 0 Å². The highest BCUT2D eigenvalue weighted by Gasteiger charge is 2.09. The third-order valence-electron chi connectivity index (χ3n) is 2.44. The zero-order valence-electron chi connectivity index (χ0n) is 8.54. The maximum Gasteiger partial charge on any atom is 0.0931 e. The maximum absolute atomic E-state index is 5.90. The molecule has 0 aliphatic carbocycles. The fraction of sp³-hybridized carbons (Fsp3) is 0.600. The molecule has 0 radical (unpaired) electrons. The maximum atomic E-state index is 5.90. The van der Waals surface area contributed by atoms with Crippen LogP contribution in [0.1, 0.15) is 11.3 Å². The van der Waals surface area contributed by atoms with Gasteiger partial charge in [0.1, 0.15) is 0 Å². The van der Waals surface area contributed by atoms with Gasteiger partial charge in [0.05, 0.1) is 4.34 Å². The summed E-state index contributed by atoms with van der Waals surface area (Å²) in [6, 6.07) is 4.11. The van der Waals surface area contributed by atoms with Crippen molar-refractivity contribution in [3.63, 3.8) is 0 Å². The average molecular weight is 267 g/mol. The van der Waals surface area contributed by atoms with Gasteiger partial charge in [-0.05, 0) is 31.6 Å². The van der Waals surface area contributed by atoms with E-state index in [4.69, 9.17) is 11.6 Å². The lowest BCUT2D eigenvalue weighted by atomic mass is 10.3.